The maximum Gasteiger partial charge on any atom is 0.183 e. The third kappa shape index (κ3) is 5.07. The molecule has 1 aliphatic rings. The Kier molecular flexibility index (Phi) is 6.11. The van der Waals surface area contributed by atoms with Crippen molar-refractivity contribution < 1.29 is 4.79 Å². The lowest BCUT2D eigenvalue weighted by Crippen LogP contribution is -2.44. The van der Waals surface area contributed by atoms with Gasteiger partial charge in [0.1, 0.15) is 0 Å². The van der Waals surface area contributed by atoms with E-state index in [2.05, 4.69) is 59.7 Å². The molecule has 1 fully saturated rings. The summed E-state index contributed by atoms with van der Waals surface area (Å²) in [6, 6.07) is 18.1. The van der Waals surface area contributed by atoms with Crippen molar-refractivity contribution in [3.63, 3.8) is 0 Å². The number of hydrogen-bond donors (Lipinski definition) is 3. The van der Waals surface area contributed by atoms with Gasteiger partial charge in [-0.15, -0.1) is 5.10 Å². The quantitative estimate of drug-likeness (QED) is 0.291. The Hall–Kier alpha value is -4.50. The lowest BCUT2D eigenvalue weighted by molar-refractivity contribution is 0.0989. The van der Waals surface area contributed by atoms with Crippen molar-refractivity contribution in [3.05, 3.63) is 84.4 Å². The van der Waals surface area contributed by atoms with Crippen LogP contribution in [0.2, 0.25) is 0 Å². The molecule has 0 spiro atoms. The molecule has 0 amide bonds. The molecular weight excluding hydrogens is 464 g/mol. The fourth-order valence-corrected chi connectivity index (χ4v) is 4.64. The van der Waals surface area contributed by atoms with Gasteiger partial charge in [-0.3, -0.25) is 9.89 Å². The average Bonchev–Trinajstić information content (AvgIpc) is 3.60. The van der Waals surface area contributed by atoms with Gasteiger partial charge >= 0.3 is 0 Å². The van der Waals surface area contributed by atoms with Crippen LogP contribution in [-0.2, 0) is 6.42 Å². The monoisotopic (exact) mass is 492 g/mol. The Bertz CT molecular complexity index is 1520. The van der Waals surface area contributed by atoms with Gasteiger partial charge in [-0.1, -0.05) is 18.2 Å². The summed E-state index contributed by atoms with van der Waals surface area (Å²) in [5, 5.41) is 19.7. The summed E-state index contributed by atoms with van der Waals surface area (Å²) >= 11 is 0. The van der Waals surface area contributed by atoms with Crippen LogP contribution in [0.4, 0.5) is 17.2 Å². The Morgan fingerprint density at radius 2 is 1.76 bits per heavy atom. The van der Waals surface area contributed by atoms with Crippen LogP contribution in [0.5, 0.6) is 0 Å². The average molecular weight is 493 g/mol. The largest absolute Gasteiger partial charge is 0.355 e. The van der Waals surface area contributed by atoms with Crippen LogP contribution in [0.25, 0.3) is 22.0 Å². The van der Waals surface area contributed by atoms with Crippen molar-refractivity contribution in [1.82, 2.24) is 30.3 Å². The molecule has 5 aromatic rings. The van der Waals surface area contributed by atoms with Gasteiger partial charge in [0.2, 0.25) is 0 Å². The highest BCUT2D eigenvalue weighted by Crippen LogP contribution is 2.26. The second kappa shape index (κ2) is 9.87. The second-order valence-electron chi connectivity index (χ2n) is 9.49. The lowest BCUT2D eigenvalue weighted by atomic mass is 10.1. The number of fused-ring (bicyclic) bond motifs is 1. The highest BCUT2D eigenvalue weighted by atomic mass is 16.1. The molecular formula is C28H28N8O. The Labute approximate surface area is 214 Å². The minimum atomic E-state index is 0.0258. The standard InChI is InChI=1S/C28H28N8O/c1-35-8-10-36(11-9-35)28-13-19(16-31-34-28)12-27(37)26-14-21-4-7-24(15-25(21)33-26)32-23-5-2-20(3-6-23)22-17-29-30-18-22/h2-7,13-18,32-33H,8-12H2,1H3,(H,29,30). The van der Waals surface area contributed by atoms with E-state index >= 15 is 0 Å². The van der Waals surface area contributed by atoms with E-state index in [9.17, 15) is 4.79 Å². The molecule has 186 valence electrons. The number of carbonyl (C=O) groups excluding carboxylic acids is 1. The third-order valence-corrected chi connectivity index (χ3v) is 6.82. The highest BCUT2D eigenvalue weighted by Gasteiger charge is 2.17. The van der Waals surface area contributed by atoms with Crippen molar-refractivity contribution in [3.8, 4) is 11.1 Å². The van der Waals surface area contributed by atoms with Gasteiger partial charge in [0.15, 0.2) is 11.6 Å². The van der Waals surface area contributed by atoms with Crippen LogP contribution in [0.3, 0.4) is 0 Å². The number of H-pyrrole nitrogens is 2. The number of nitrogens with zero attached hydrogens (tertiary/aromatic N) is 5. The van der Waals surface area contributed by atoms with Crippen LogP contribution < -0.4 is 10.2 Å². The number of aromatic amines is 2. The fraction of sp³-hybridized carbons (Fsp3) is 0.214. The molecule has 1 saturated heterocycles. The molecule has 2 aromatic carbocycles. The predicted molar refractivity (Wildman–Crippen MR) is 145 cm³/mol. The normalized spacial score (nSPS) is 14.2. The highest BCUT2D eigenvalue weighted by molar-refractivity contribution is 6.01. The number of anilines is 3. The fourth-order valence-electron chi connectivity index (χ4n) is 4.64. The van der Waals surface area contributed by atoms with Gasteiger partial charge in [0.05, 0.1) is 18.1 Å². The number of hydrogen-bond acceptors (Lipinski definition) is 7. The molecule has 0 saturated carbocycles. The summed E-state index contributed by atoms with van der Waals surface area (Å²) in [7, 11) is 2.12. The lowest BCUT2D eigenvalue weighted by Gasteiger charge is -2.32. The zero-order valence-electron chi connectivity index (χ0n) is 20.6. The molecule has 0 bridgehead atoms. The van der Waals surface area contributed by atoms with Crippen LogP contribution in [0, 0.1) is 0 Å². The van der Waals surface area contributed by atoms with Crippen molar-refractivity contribution in [2.24, 2.45) is 0 Å². The molecule has 0 radical (unpaired) electrons. The first-order valence-corrected chi connectivity index (χ1v) is 12.4. The number of nitrogens with one attached hydrogen (secondary N) is 3. The Balaban J connectivity index is 1.14. The van der Waals surface area contributed by atoms with Crippen LogP contribution >= 0.6 is 0 Å². The molecule has 0 atom stereocenters. The van der Waals surface area contributed by atoms with E-state index in [1.54, 1.807) is 12.4 Å². The SMILES string of the molecule is CN1CCN(c2cc(CC(=O)c3cc4ccc(Nc5ccc(-c6cn[nH]c6)cc5)cc4[nH]3)cnn2)CC1. The molecule has 1 aliphatic heterocycles. The minimum absolute atomic E-state index is 0.0258. The number of ketones is 1. The number of benzene rings is 2. The van der Waals surface area contributed by atoms with Gasteiger partial charge < -0.3 is 20.1 Å². The minimum Gasteiger partial charge on any atom is -0.355 e. The molecule has 9 nitrogen and oxygen atoms in total. The number of rotatable bonds is 7. The number of piperazine rings is 1. The topological polar surface area (TPSA) is 106 Å². The maximum absolute atomic E-state index is 13.1. The maximum atomic E-state index is 13.1. The van der Waals surface area contributed by atoms with E-state index < -0.39 is 0 Å². The first kappa shape index (κ1) is 22.9. The molecule has 0 unspecified atom stereocenters. The van der Waals surface area contributed by atoms with E-state index in [1.807, 2.05) is 48.7 Å². The summed E-state index contributed by atoms with van der Waals surface area (Å²) < 4.78 is 0. The summed E-state index contributed by atoms with van der Waals surface area (Å²) in [5.41, 5.74) is 6.45. The van der Waals surface area contributed by atoms with Gasteiger partial charge in [0.25, 0.3) is 0 Å². The zero-order chi connectivity index (χ0) is 25.2. The molecule has 9 heteroatoms. The van der Waals surface area contributed by atoms with E-state index in [0.717, 1.165) is 71.0 Å². The van der Waals surface area contributed by atoms with E-state index in [4.69, 9.17) is 0 Å². The molecule has 3 N–H and O–H groups in total. The Morgan fingerprint density at radius 3 is 2.54 bits per heavy atom. The summed E-state index contributed by atoms with van der Waals surface area (Å²) in [6.45, 7) is 3.81. The number of aromatic nitrogens is 5. The first-order valence-electron chi connectivity index (χ1n) is 12.4. The van der Waals surface area contributed by atoms with Crippen molar-refractivity contribution in [2.45, 2.75) is 6.42 Å². The molecule has 4 heterocycles. The van der Waals surface area contributed by atoms with Crippen LogP contribution in [0.1, 0.15) is 16.1 Å². The summed E-state index contributed by atoms with van der Waals surface area (Å²) in [6.07, 6.45) is 5.63. The van der Waals surface area contributed by atoms with E-state index in [-0.39, 0.29) is 12.2 Å². The first-order chi connectivity index (χ1) is 18.1. The van der Waals surface area contributed by atoms with E-state index in [0.29, 0.717) is 5.69 Å². The van der Waals surface area contributed by atoms with Crippen LogP contribution in [0.15, 0.2) is 73.2 Å². The number of Topliss-reactive ketones (excluding diaryl/α,β-unsaturated/α-hetero) is 1. The molecule has 0 aliphatic carbocycles. The smallest absolute Gasteiger partial charge is 0.183 e. The van der Waals surface area contributed by atoms with Crippen molar-refractivity contribution in [2.75, 3.05) is 43.4 Å². The predicted octanol–water partition coefficient (Wildman–Crippen LogP) is 4.27. The molecule has 3 aromatic heterocycles. The third-order valence-electron chi connectivity index (χ3n) is 6.82. The summed E-state index contributed by atoms with van der Waals surface area (Å²) in [5.74, 6) is 0.862. The molecule has 6 rings (SSSR count). The van der Waals surface area contributed by atoms with E-state index in [1.165, 1.54) is 0 Å². The van der Waals surface area contributed by atoms with Crippen LogP contribution in [-0.4, -0.2) is 69.3 Å². The van der Waals surface area contributed by atoms with Crippen molar-refractivity contribution >= 4 is 33.9 Å². The van der Waals surface area contributed by atoms with Gasteiger partial charge in [-0.25, -0.2) is 0 Å². The Morgan fingerprint density at radius 1 is 0.946 bits per heavy atom. The zero-order valence-corrected chi connectivity index (χ0v) is 20.6. The second-order valence-corrected chi connectivity index (χ2v) is 9.49. The summed E-state index contributed by atoms with van der Waals surface area (Å²) in [4.78, 5) is 20.9. The molecule has 37 heavy (non-hydrogen) atoms. The van der Waals surface area contributed by atoms with Gasteiger partial charge in [0, 0.05) is 66.6 Å². The van der Waals surface area contributed by atoms with Gasteiger partial charge in [-0.05, 0) is 54.6 Å². The van der Waals surface area contributed by atoms with Crippen molar-refractivity contribution in [1.29, 1.82) is 0 Å². The number of likely N-dealkylation sites (N-methyl/N-ethyl adjacent to an activating group) is 1. The van der Waals surface area contributed by atoms with Gasteiger partial charge in [-0.2, -0.15) is 10.2 Å². The number of carbonyl (C=O) groups is 1.